The molecule has 0 aromatic heterocycles. The number of nitrogens with one attached hydrogen (secondary N) is 1. The third kappa shape index (κ3) is 2.35. The number of fused-ring (bicyclic) bond motifs is 2. The van der Waals surface area contributed by atoms with Gasteiger partial charge >= 0.3 is 0 Å². The molecule has 4 unspecified atom stereocenters. The molecule has 2 heterocycles. The fourth-order valence-corrected chi connectivity index (χ4v) is 4.71. The molecule has 2 fully saturated rings. The Morgan fingerprint density at radius 1 is 1.14 bits per heavy atom. The summed E-state index contributed by atoms with van der Waals surface area (Å²) in [5.74, 6) is -1.70. The molecule has 2 aliphatic rings. The van der Waals surface area contributed by atoms with Crippen molar-refractivity contribution < 1.29 is 18.9 Å². The van der Waals surface area contributed by atoms with Crippen molar-refractivity contribution in [1.82, 2.24) is 0 Å². The second-order valence-corrected chi connectivity index (χ2v) is 7.32. The third-order valence-corrected chi connectivity index (χ3v) is 6.01. The SMILES string of the molecule is CCCC1C2(C)OC(=N)C1(C#N)C(C#N)(C#N)C(c1cccc(OC)c1OC)O2. The Morgan fingerprint density at radius 3 is 2.34 bits per heavy atom. The zero-order valence-electron chi connectivity index (χ0n) is 16.8. The van der Waals surface area contributed by atoms with E-state index in [2.05, 4.69) is 6.07 Å². The lowest BCUT2D eigenvalue weighted by atomic mass is 9.53. The van der Waals surface area contributed by atoms with Gasteiger partial charge in [0.2, 0.25) is 17.1 Å². The average molecular weight is 394 g/mol. The van der Waals surface area contributed by atoms with E-state index in [1.165, 1.54) is 14.2 Å². The highest BCUT2D eigenvalue weighted by molar-refractivity contribution is 5.89. The van der Waals surface area contributed by atoms with Gasteiger partial charge in [-0.3, -0.25) is 5.41 Å². The van der Waals surface area contributed by atoms with Gasteiger partial charge in [0.25, 0.3) is 0 Å². The smallest absolute Gasteiger partial charge is 0.214 e. The molecule has 0 spiro atoms. The summed E-state index contributed by atoms with van der Waals surface area (Å²) in [5, 5.41) is 39.2. The third-order valence-electron chi connectivity index (χ3n) is 6.01. The van der Waals surface area contributed by atoms with E-state index in [0.717, 1.165) is 0 Å². The largest absolute Gasteiger partial charge is 0.493 e. The van der Waals surface area contributed by atoms with E-state index in [4.69, 9.17) is 24.4 Å². The Morgan fingerprint density at radius 2 is 1.83 bits per heavy atom. The zero-order valence-corrected chi connectivity index (χ0v) is 16.8. The van der Waals surface area contributed by atoms with Crippen LogP contribution in [0.3, 0.4) is 0 Å². The summed E-state index contributed by atoms with van der Waals surface area (Å²) >= 11 is 0. The van der Waals surface area contributed by atoms with Crippen molar-refractivity contribution >= 4 is 5.90 Å². The lowest BCUT2D eigenvalue weighted by Gasteiger charge is -2.49. The van der Waals surface area contributed by atoms with Gasteiger partial charge in [0.05, 0.1) is 38.3 Å². The van der Waals surface area contributed by atoms with Gasteiger partial charge in [-0.05, 0) is 12.5 Å². The molecule has 0 aliphatic carbocycles. The van der Waals surface area contributed by atoms with Crippen LogP contribution in [0.1, 0.15) is 38.4 Å². The van der Waals surface area contributed by atoms with Gasteiger partial charge in [0, 0.05) is 12.5 Å². The number of methoxy groups -OCH3 is 2. The predicted octanol–water partition coefficient (Wildman–Crippen LogP) is 3.46. The number of hydrogen-bond donors (Lipinski definition) is 1. The van der Waals surface area contributed by atoms with Gasteiger partial charge in [-0.2, -0.15) is 15.8 Å². The van der Waals surface area contributed by atoms with Crippen molar-refractivity contribution in [3.05, 3.63) is 23.8 Å². The predicted molar refractivity (Wildman–Crippen MR) is 101 cm³/mol. The summed E-state index contributed by atoms with van der Waals surface area (Å²) in [4.78, 5) is 0. The normalized spacial score (nSPS) is 31.7. The second kappa shape index (κ2) is 6.95. The summed E-state index contributed by atoms with van der Waals surface area (Å²) in [6.07, 6.45) is -0.0633. The van der Waals surface area contributed by atoms with E-state index in [-0.39, 0.29) is 0 Å². The van der Waals surface area contributed by atoms with E-state index in [1.54, 1.807) is 25.1 Å². The molecule has 8 heteroatoms. The van der Waals surface area contributed by atoms with Crippen LogP contribution >= 0.6 is 0 Å². The van der Waals surface area contributed by atoms with Crippen LogP contribution in [0.5, 0.6) is 11.5 Å². The molecule has 2 saturated heterocycles. The molecule has 29 heavy (non-hydrogen) atoms. The van der Waals surface area contributed by atoms with Crippen molar-refractivity contribution in [3.8, 4) is 29.7 Å². The van der Waals surface area contributed by atoms with Crippen LogP contribution in [0.4, 0.5) is 0 Å². The van der Waals surface area contributed by atoms with Crippen LogP contribution in [0.2, 0.25) is 0 Å². The van der Waals surface area contributed by atoms with Crippen LogP contribution in [0.15, 0.2) is 18.2 Å². The van der Waals surface area contributed by atoms with Crippen molar-refractivity contribution in [2.75, 3.05) is 14.2 Å². The molecule has 150 valence electrons. The standard InChI is InChI=1S/C21H22N4O4/c1-5-7-15-19(2)28-17(13-8-6-9-14(26-3)16(13)27-4)20(10-22,11-23)21(15,12-24)18(25)29-19/h6,8-9,15,17,25H,5,7H2,1-4H3. The first-order chi connectivity index (χ1) is 13.9. The first-order valence-electron chi connectivity index (χ1n) is 9.26. The van der Waals surface area contributed by atoms with Crippen LogP contribution in [0.25, 0.3) is 0 Å². The highest BCUT2D eigenvalue weighted by Gasteiger charge is 2.79. The van der Waals surface area contributed by atoms with Crippen LogP contribution < -0.4 is 9.47 Å². The summed E-state index contributed by atoms with van der Waals surface area (Å²) in [6.45, 7) is 3.58. The van der Waals surface area contributed by atoms with E-state index in [9.17, 15) is 15.8 Å². The van der Waals surface area contributed by atoms with Gasteiger partial charge in [-0.15, -0.1) is 0 Å². The van der Waals surface area contributed by atoms with E-state index in [1.807, 2.05) is 19.1 Å². The average Bonchev–Trinajstić information content (AvgIpc) is 2.90. The number of benzene rings is 1. The number of nitriles is 3. The number of nitrogens with zero attached hydrogens (tertiary/aromatic N) is 3. The van der Waals surface area contributed by atoms with Gasteiger partial charge in [0.15, 0.2) is 16.9 Å². The molecule has 0 amide bonds. The van der Waals surface area contributed by atoms with E-state index >= 15 is 0 Å². The van der Waals surface area contributed by atoms with E-state index in [0.29, 0.717) is 29.9 Å². The molecule has 2 bridgehead atoms. The molecular formula is C21H22N4O4. The molecule has 3 rings (SSSR count). The van der Waals surface area contributed by atoms with Gasteiger partial charge < -0.3 is 18.9 Å². The summed E-state index contributed by atoms with van der Waals surface area (Å²) in [7, 11) is 2.92. The maximum Gasteiger partial charge on any atom is 0.214 e. The molecule has 1 aromatic rings. The van der Waals surface area contributed by atoms with Crippen LogP contribution in [-0.4, -0.2) is 25.9 Å². The van der Waals surface area contributed by atoms with Crippen molar-refractivity contribution in [2.45, 2.75) is 38.6 Å². The van der Waals surface area contributed by atoms with Crippen molar-refractivity contribution in [2.24, 2.45) is 16.7 Å². The molecule has 8 nitrogen and oxygen atoms in total. The lowest BCUT2D eigenvalue weighted by molar-refractivity contribution is -0.274. The number of hydrogen-bond acceptors (Lipinski definition) is 8. The Hall–Kier alpha value is -3.28. The molecule has 4 atom stereocenters. The molecule has 1 N–H and O–H groups in total. The fraction of sp³-hybridized carbons (Fsp3) is 0.524. The minimum Gasteiger partial charge on any atom is -0.493 e. The maximum absolute atomic E-state index is 10.3. The molecule has 1 aromatic carbocycles. The minimum absolute atomic E-state index is 0.298. The second-order valence-electron chi connectivity index (χ2n) is 7.32. The first kappa shape index (κ1) is 20.5. The highest BCUT2D eigenvalue weighted by Crippen LogP contribution is 2.68. The highest BCUT2D eigenvalue weighted by atomic mass is 16.7. The van der Waals surface area contributed by atoms with Crippen molar-refractivity contribution in [3.63, 3.8) is 0 Å². The molecule has 0 saturated carbocycles. The Bertz CT molecular complexity index is 958. The zero-order chi connectivity index (χ0) is 21.4. The van der Waals surface area contributed by atoms with E-state index < -0.39 is 34.5 Å². The maximum atomic E-state index is 10.3. The molecule has 2 aliphatic heterocycles. The Kier molecular flexibility index (Phi) is 4.91. The minimum atomic E-state index is -2.02. The van der Waals surface area contributed by atoms with Gasteiger partial charge in [-0.25, -0.2) is 0 Å². The number of rotatable bonds is 5. The summed E-state index contributed by atoms with van der Waals surface area (Å²) < 4.78 is 22.8. The van der Waals surface area contributed by atoms with Gasteiger partial charge in [0.1, 0.15) is 6.10 Å². The number of ether oxygens (including phenoxy) is 4. The lowest BCUT2D eigenvalue weighted by Crippen LogP contribution is -2.58. The van der Waals surface area contributed by atoms with Crippen LogP contribution in [0, 0.1) is 56.2 Å². The summed E-state index contributed by atoms with van der Waals surface area (Å²) in [6, 6.07) is 11.2. The summed E-state index contributed by atoms with van der Waals surface area (Å²) in [5.41, 5.74) is -3.42. The first-order valence-corrected chi connectivity index (χ1v) is 9.26. The number of para-hydroxylation sites is 1. The topological polar surface area (TPSA) is 132 Å². The monoisotopic (exact) mass is 394 g/mol. The quantitative estimate of drug-likeness (QED) is 0.808. The van der Waals surface area contributed by atoms with Crippen molar-refractivity contribution in [1.29, 1.82) is 21.2 Å². The fourth-order valence-electron chi connectivity index (χ4n) is 4.71. The van der Waals surface area contributed by atoms with Gasteiger partial charge in [-0.1, -0.05) is 25.5 Å². The van der Waals surface area contributed by atoms with Crippen LogP contribution in [-0.2, 0) is 9.47 Å². The molecule has 0 radical (unpaired) electrons. The Labute approximate surface area is 169 Å². The Balaban J connectivity index is 2.36. The molecular weight excluding hydrogens is 372 g/mol.